The van der Waals surface area contributed by atoms with Gasteiger partial charge in [0.2, 0.25) is 11.8 Å². The molecule has 9 heteroatoms. The zero-order valence-corrected chi connectivity index (χ0v) is 20.6. The molecule has 3 heterocycles. The third-order valence-corrected chi connectivity index (χ3v) is 6.37. The van der Waals surface area contributed by atoms with Crippen LogP contribution in [0.3, 0.4) is 0 Å². The first-order valence-electron chi connectivity index (χ1n) is 12.3. The molecule has 37 heavy (non-hydrogen) atoms. The molecule has 1 atom stereocenters. The van der Waals surface area contributed by atoms with E-state index in [4.69, 9.17) is 10.5 Å². The van der Waals surface area contributed by atoms with E-state index in [-0.39, 0.29) is 11.9 Å². The quantitative estimate of drug-likeness (QED) is 0.408. The number of carbonyl (C=O) groups is 2. The normalized spacial score (nSPS) is 15.4. The van der Waals surface area contributed by atoms with Crippen LogP contribution in [0, 0.1) is 6.92 Å². The van der Waals surface area contributed by atoms with E-state index in [0.29, 0.717) is 41.7 Å². The second kappa shape index (κ2) is 10.6. The van der Waals surface area contributed by atoms with Gasteiger partial charge in [-0.2, -0.15) is 4.98 Å². The Morgan fingerprint density at radius 3 is 2.65 bits per heavy atom. The summed E-state index contributed by atoms with van der Waals surface area (Å²) in [5.41, 5.74) is 8.14. The molecule has 1 aliphatic heterocycles. The van der Waals surface area contributed by atoms with Gasteiger partial charge in [-0.3, -0.25) is 9.59 Å². The molecular weight excluding hydrogens is 468 g/mol. The van der Waals surface area contributed by atoms with Gasteiger partial charge in [-0.25, -0.2) is 9.97 Å². The van der Waals surface area contributed by atoms with E-state index in [0.717, 1.165) is 30.5 Å². The lowest BCUT2D eigenvalue weighted by Gasteiger charge is -2.35. The minimum absolute atomic E-state index is 0.0354. The fourth-order valence-corrected chi connectivity index (χ4v) is 4.57. The average Bonchev–Trinajstić information content (AvgIpc) is 3.41. The summed E-state index contributed by atoms with van der Waals surface area (Å²) >= 11 is 0. The zero-order valence-electron chi connectivity index (χ0n) is 20.6. The lowest BCUT2D eigenvalue weighted by molar-refractivity contribution is 0.0598. The molecule has 0 spiro atoms. The predicted molar refractivity (Wildman–Crippen MR) is 137 cm³/mol. The maximum atomic E-state index is 13.7. The number of primary amides is 1. The Hall–Kier alpha value is -4.53. The molecule has 0 aliphatic carbocycles. The first kappa shape index (κ1) is 24.2. The van der Waals surface area contributed by atoms with E-state index in [1.807, 2.05) is 46.9 Å². The number of nitrogens with two attached hydrogens (primary N) is 1. The number of imidazole rings is 1. The lowest BCUT2D eigenvalue weighted by Crippen LogP contribution is -2.39. The molecular formula is C28H28N6O3. The van der Waals surface area contributed by atoms with Gasteiger partial charge in [0.15, 0.2) is 5.82 Å². The molecule has 0 unspecified atom stereocenters. The molecule has 188 valence electrons. The van der Waals surface area contributed by atoms with Crippen molar-refractivity contribution in [1.29, 1.82) is 0 Å². The summed E-state index contributed by atoms with van der Waals surface area (Å²) in [6.07, 6.45) is 8.08. The zero-order chi connectivity index (χ0) is 25.8. The lowest BCUT2D eigenvalue weighted by atomic mass is 9.99. The summed E-state index contributed by atoms with van der Waals surface area (Å²) < 4.78 is 7.93. The molecule has 2 aromatic heterocycles. The number of aromatic nitrogens is 4. The van der Waals surface area contributed by atoms with Crippen LogP contribution < -0.4 is 10.5 Å². The number of hydrogen-bond donors (Lipinski definition) is 1. The number of aryl methyl sites for hydroxylation is 1. The van der Waals surface area contributed by atoms with Gasteiger partial charge in [0.25, 0.3) is 5.91 Å². The average molecular weight is 497 g/mol. The van der Waals surface area contributed by atoms with E-state index >= 15 is 0 Å². The maximum absolute atomic E-state index is 13.7. The third-order valence-electron chi connectivity index (χ3n) is 6.37. The monoisotopic (exact) mass is 496 g/mol. The van der Waals surface area contributed by atoms with Gasteiger partial charge in [-0.15, -0.1) is 0 Å². The Kier molecular flexibility index (Phi) is 6.93. The van der Waals surface area contributed by atoms with Crippen LogP contribution in [-0.4, -0.2) is 42.8 Å². The minimum Gasteiger partial charge on any atom is -0.439 e. The van der Waals surface area contributed by atoms with Crippen molar-refractivity contribution in [1.82, 2.24) is 24.4 Å². The maximum Gasteiger partial charge on any atom is 0.254 e. The van der Waals surface area contributed by atoms with Gasteiger partial charge in [0, 0.05) is 48.4 Å². The van der Waals surface area contributed by atoms with Crippen LogP contribution in [0.1, 0.15) is 63.1 Å². The molecule has 2 N–H and O–H groups in total. The third kappa shape index (κ3) is 5.66. The SMILES string of the molecule is Cc1cc(Oc2ccc(C(N)=O)cc2)nc([C@@H]2CCCCN2C(=O)c2cccc(Cn3ccnc3)c2)n1. The molecule has 1 saturated heterocycles. The number of nitrogens with zero attached hydrogens (tertiary/aromatic N) is 5. The van der Waals surface area contributed by atoms with E-state index < -0.39 is 5.91 Å². The molecule has 2 aromatic carbocycles. The van der Waals surface area contributed by atoms with Crippen molar-refractivity contribution in [3.05, 3.63) is 102 Å². The smallest absolute Gasteiger partial charge is 0.254 e. The Balaban J connectivity index is 1.38. The summed E-state index contributed by atoms with van der Waals surface area (Å²) in [6.45, 7) is 3.16. The minimum atomic E-state index is -0.499. The number of likely N-dealkylation sites (tertiary alicyclic amines) is 1. The first-order valence-corrected chi connectivity index (χ1v) is 12.3. The van der Waals surface area contributed by atoms with Crippen molar-refractivity contribution >= 4 is 11.8 Å². The van der Waals surface area contributed by atoms with Crippen molar-refractivity contribution in [2.75, 3.05) is 6.54 Å². The van der Waals surface area contributed by atoms with E-state index in [2.05, 4.69) is 15.0 Å². The number of carbonyl (C=O) groups excluding carboxylic acids is 2. The van der Waals surface area contributed by atoms with Crippen molar-refractivity contribution in [2.45, 2.75) is 38.8 Å². The number of ether oxygens (including phenoxy) is 1. The van der Waals surface area contributed by atoms with Crippen LogP contribution in [0.5, 0.6) is 11.6 Å². The van der Waals surface area contributed by atoms with Crippen molar-refractivity contribution in [3.63, 3.8) is 0 Å². The summed E-state index contributed by atoms with van der Waals surface area (Å²) in [5, 5.41) is 0. The topological polar surface area (TPSA) is 116 Å². The van der Waals surface area contributed by atoms with Crippen LogP contribution in [-0.2, 0) is 6.54 Å². The second-order valence-corrected chi connectivity index (χ2v) is 9.14. The number of hydrogen-bond acceptors (Lipinski definition) is 6. The molecule has 5 rings (SSSR count). The number of rotatable bonds is 7. The summed E-state index contributed by atoms with van der Waals surface area (Å²) in [5.74, 6) is 0.939. The van der Waals surface area contributed by atoms with Crippen LogP contribution in [0.2, 0.25) is 0 Å². The highest BCUT2D eigenvalue weighted by molar-refractivity contribution is 5.94. The fourth-order valence-electron chi connectivity index (χ4n) is 4.57. The molecule has 1 aliphatic rings. The highest BCUT2D eigenvalue weighted by Crippen LogP contribution is 2.32. The number of piperidine rings is 1. The van der Waals surface area contributed by atoms with Gasteiger partial charge in [-0.05, 0) is 68.1 Å². The molecule has 0 saturated carbocycles. The Bertz CT molecular complexity index is 1400. The van der Waals surface area contributed by atoms with Gasteiger partial charge in [0.05, 0.1) is 12.4 Å². The molecule has 0 bridgehead atoms. The summed E-state index contributed by atoms with van der Waals surface area (Å²) in [6, 6.07) is 15.8. The van der Waals surface area contributed by atoms with Gasteiger partial charge in [0.1, 0.15) is 5.75 Å². The first-order chi connectivity index (χ1) is 18.0. The van der Waals surface area contributed by atoms with Crippen molar-refractivity contribution in [3.8, 4) is 11.6 Å². The molecule has 9 nitrogen and oxygen atoms in total. The Morgan fingerprint density at radius 1 is 1.05 bits per heavy atom. The van der Waals surface area contributed by atoms with Gasteiger partial charge in [-0.1, -0.05) is 12.1 Å². The number of amides is 2. The summed E-state index contributed by atoms with van der Waals surface area (Å²) in [4.78, 5) is 40.3. The van der Waals surface area contributed by atoms with E-state index in [9.17, 15) is 9.59 Å². The van der Waals surface area contributed by atoms with E-state index in [1.54, 1.807) is 42.9 Å². The van der Waals surface area contributed by atoms with Crippen LogP contribution >= 0.6 is 0 Å². The molecule has 1 fully saturated rings. The fraction of sp³-hybridized carbons (Fsp3) is 0.250. The van der Waals surface area contributed by atoms with Gasteiger partial charge >= 0.3 is 0 Å². The van der Waals surface area contributed by atoms with Gasteiger partial charge < -0.3 is 19.9 Å². The van der Waals surface area contributed by atoms with E-state index in [1.165, 1.54) is 0 Å². The predicted octanol–water partition coefficient (Wildman–Crippen LogP) is 4.29. The highest BCUT2D eigenvalue weighted by Gasteiger charge is 2.31. The largest absolute Gasteiger partial charge is 0.439 e. The summed E-state index contributed by atoms with van der Waals surface area (Å²) in [7, 11) is 0. The standard InChI is InChI=1S/C28H28N6O3/c1-19-15-25(37-23-10-8-21(9-11-23)26(29)35)32-27(31-19)24-7-2-3-13-34(24)28(36)22-6-4-5-20(16-22)17-33-14-12-30-18-33/h4-6,8-12,14-16,18,24H,2-3,7,13,17H2,1H3,(H2,29,35)/t24-/m0/s1. The van der Waals surface area contributed by atoms with Crippen LogP contribution in [0.25, 0.3) is 0 Å². The van der Waals surface area contributed by atoms with Crippen LogP contribution in [0.15, 0.2) is 73.3 Å². The van der Waals surface area contributed by atoms with Crippen molar-refractivity contribution in [2.24, 2.45) is 5.73 Å². The second-order valence-electron chi connectivity index (χ2n) is 9.14. The van der Waals surface area contributed by atoms with Crippen LogP contribution in [0.4, 0.5) is 0 Å². The molecule has 2 amide bonds. The Labute approximate surface area is 214 Å². The highest BCUT2D eigenvalue weighted by atomic mass is 16.5. The molecule has 4 aromatic rings. The van der Waals surface area contributed by atoms with Crippen molar-refractivity contribution < 1.29 is 14.3 Å². The number of benzene rings is 2. The molecule has 0 radical (unpaired) electrons. The Morgan fingerprint density at radius 2 is 1.89 bits per heavy atom.